The Kier molecular flexibility index (Phi) is 5.81. The number of carbonyl (C=O) groups excluding carboxylic acids is 2. The van der Waals surface area contributed by atoms with E-state index in [-0.39, 0.29) is 27.9 Å². The number of carbonyl (C=O) groups is 2. The number of hydrogen-bond donors (Lipinski definition) is 0. The first-order chi connectivity index (χ1) is 15.2. The van der Waals surface area contributed by atoms with Gasteiger partial charge in [0.05, 0.1) is 42.2 Å². The minimum Gasteiger partial charge on any atom is -0.493 e. The molecule has 0 spiro atoms. The Hall–Kier alpha value is -2.78. The lowest BCUT2D eigenvalue weighted by Crippen LogP contribution is -2.36. The van der Waals surface area contributed by atoms with Gasteiger partial charge in [0.1, 0.15) is 0 Å². The normalized spacial score (nSPS) is 19.6. The van der Waals surface area contributed by atoms with Crippen LogP contribution in [0.25, 0.3) is 0 Å². The van der Waals surface area contributed by atoms with Gasteiger partial charge in [0.15, 0.2) is 11.5 Å². The number of methoxy groups -OCH3 is 2. The molecule has 1 unspecified atom stereocenters. The average Bonchev–Trinajstić information content (AvgIpc) is 2.97. The zero-order valence-electron chi connectivity index (χ0n) is 17.9. The number of hydrogen-bond acceptors (Lipinski definition) is 6. The van der Waals surface area contributed by atoms with E-state index < -0.39 is 21.8 Å². The topological polar surface area (TPSA) is 93.2 Å². The van der Waals surface area contributed by atoms with Crippen LogP contribution >= 0.6 is 11.6 Å². The molecule has 1 saturated heterocycles. The van der Waals surface area contributed by atoms with Crippen LogP contribution in [0, 0.1) is 5.92 Å². The van der Waals surface area contributed by atoms with E-state index in [0.717, 1.165) is 15.4 Å². The summed E-state index contributed by atoms with van der Waals surface area (Å²) in [6, 6.07) is 8.05. The van der Waals surface area contributed by atoms with E-state index in [2.05, 4.69) is 0 Å². The fourth-order valence-corrected chi connectivity index (χ4v) is 6.19. The number of benzene rings is 2. The zero-order chi connectivity index (χ0) is 23.2. The SMILES string of the molecule is COc1cc2c(cc1OC)CN(C(=O)c1ccc(N3C(=O)C(C)CS3(=O)=O)cc1Cl)CC2. The zero-order valence-corrected chi connectivity index (χ0v) is 19.5. The van der Waals surface area contributed by atoms with Crippen LogP contribution in [0.1, 0.15) is 28.4 Å². The predicted octanol–water partition coefficient (Wildman–Crippen LogP) is 2.87. The number of ether oxygens (including phenoxy) is 2. The van der Waals surface area contributed by atoms with Crippen LogP contribution in [0.15, 0.2) is 30.3 Å². The molecule has 1 atom stereocenters. The van der Waals surface area contributed by atoms with Gasteiger partial charge in [-0.15, -0.1) is 0 Å². The van der Waals surface area contributed by atoms with Crippen LogP contribution in [0.3, 0.4) is 0 Å². The van der Waals surface area contributed by atoms with Crippen molar-refractivity contribution in [2.24, 2.45) is 5.92 Å². The van der Waals surface area contributed by atoms with Gasteiger partial charge in [-0.05, 0) is 47.9 Å². The van der Waals surface area contributed by atoms with E-state index in [9.17, 15) is 18.0 Å². The molecule has 2 amide bonds. The Morgan fingerprint density at radius 2 is 1.75 bits per heavy atom. The first kappa shape index (κ1) is 22.4. The number of sulfonamides is 1. The summed E-state index contributed by atoms with van der Waals surface area (Å²) in [5.41, 5.74) is 2.43. The van der Waals surface area contributed by atoms with Crippen molar-refractivity contribution in [1.29, 1.82) is 0 Å². The van der Waals surface area contributed by atoms with Crippen molar-refractivity contribution in [2.45, 2.75) is 19.9 Å². The third-order valence-corrected chi connectivity index (χ3v) is 7.96. The highest BCUT2D eigenvalue weighted by Crippen LogP contribution is 2.35. The monoisotopic (exact) mass is 478 g/mol. The van der Waals surface area contributed by atoms with Crippen LogP contribution in [-0.4, -0.2) is 51.6 Å². The van der Waals surface area contributed by atoms with Gasteiger partial charge in [-0.2, -0.15) is 0 Å². The summed E-state index contributed by atoms with van der Waals surface area (Å²) in [6.07, 6.45) is 0.648. The predicted molar refractivity (Wildman–Crippen MR) is 120 cm³/mol. The van der Waals surface area contributed by atoms with Crippen LogP contribution in [0.5, 0.6) is 11.5 Å². The number of anilines is 1. The molecule has 2 aromatic carbocycles. The molecule has 0 radical (unpaired) electrons. The van der Waals surface area contributed by atoms with Crippen molar-refractivity contribution in [3.05, 3.63) is 52.0 Å². The Morgan fingerprint density at radius 3 is 2.31 bits per heavy atom. The van der Waals surface area contributed by atoms with Crippen molar-refractivity contribution >= 4 is 39.1 Å². The molecule has 32 heavy (non-hydrogen) atoms. The molecule has 2 heterocycles. The van der Waals surface area contributed by atoms with Crippen LogP contribution in [0.2, 0.25) is 5.02 Å². The quantitative estimate of drug-likeness (QED) is 0.670. The van der Waals surface area contributed by atoms with Gasteiger partial charge < -0.3 is 14.4 Å². The highest BCUT2D eigenvalue weighted by atomic mass is 35.5. The fourth-order valence-electron chi connectivity index (χ4n) is 4.12. The van der Waals surface area contributed by atoms with E-state index in [4.69, 9.17) is 21.1 Å². The van der Waals surface area contributed by atoms with Gasteiger partial charge >= 0.3 is 0 Å². The Bertz CT molecular complexity index is 1210. The molecule has 0 saturated carbocycles. The highest BCUT2D eigenvalue weighted by Gasteiger charge is 2.42. The maximum Gasteiger partial charge on any atom is 0.255 e. The van der Waals surface area contributed by atoms with Crippen molar-refractivity contribution in [3.8, 4) is 11.5 Å². The number of halogens is 1. The average molecular weight is 479 g/mol. The number of nitrogens with zero attached hydrogens (tertiary/aromatic N) is 2. The molecular weight excluding hydrogens is 456 g/mol. The Labute approximate surface area is 191 Å². The van der Waals surface area contributed by atoms with Gasteiger partial charge in [0, 0.05) is 13.1 Å². The molecule has 2 aromatic rings. The fraction of sp³-hybridized carbons (Fsp3) is 0.364. The van der Waals surface area contributed by atoms with E-state index in [0.29, 0.717) is 31.0 Å². The molecule has 2 aliphatic heterocycles. The minimum atomic E-state index is -3.75. The first-order valence-electron chi connectivity index (χ1n) is 10.1. The summed E-state index contributed by atoms with van der Waals surface area (Å²) in [5, 5.41) is 0.0909. The van der Waals surface area contributed by atoms with Crippen molar-refractivity contribution < 1.29 is 27.5 Å². The van der Waals surface area contributed by atoms with Gasteiger partial charge in [-0.3, -0.25) is 9.59 Å². The molecule has 1 fully saturated rings. The lowest BCUT2D eigenvalue weighted by Gasteiger charge is -2.30. The van der Waals surface area contributed by atoms with Gasteiger partial charge in [0.2, 0.25) is 15.9 Å². The minimum absolute atomic E-state index is 0.0909. The van der Waals surface area contributed by atoms with E-state index in [1.54, 1.807) is 26.0 Å². The van der Waals surface area contributed by atoms with E-state index in [1.165, 1.54) is 18.2 Å². The molecule has 0 bridgehead atoms. The van der Waals surface area contributed by atoms with Crippen molar-refractivity contribution in [1.82, 2.24) is 4.90 Å². The van der Waals surface area contributed by atoms with E-state index >= 15 is 0 Å². The molecular formula is C22H23ClN2O6S. The van der Waals surface area contributed by atoms with Gasteiger partial charge in [0.25, 0.3) is 5.91 Å². The maximum atomic E-state index is 13.2. The number of amides is 2. The smallest absolute Gasteiger partial charge is 0.255 e. The van der Waals surface area contributed by atoms with Crippen molar-refractivity contribution in [3.63, 3.8) is 0 Å². The third kappa shape index (κ3) is 3.80. The molecule has 0 aromatic heterocycles. The second-order valence-electron chi connectivity index (χ2n) is 7.90. The summed E-state index contributed by atoms with van der Waals surface area (Å²) in [7, 11) is -0.609. The Morgan fingerprint density at radius 1 is 1.09 bits per heavy atom. The largest absolute Gasteiger partial charge is 0.493 e. The van der Waals surface area contributed by atoms with Crippen LogP contribution in [-0.2, 0) is 27.8 Å². The number of rotatable bonds is 4. The molecule has 0 aliphatic carbocycles. The number of fused-ring (bicyclic) bond motifs is 1. The summed E-state index contributed by atoms with van der Waals surface area (Å²) in [6.45, 7) is 2.44. The lowest BCUT2D eigenvalue weighted by molar-refractivity contribution is -0.119. The summed E-state index contributed by atoms with van der Waals surface area (Å²) in [5.74, 6) is -0.405. The molecule has 2 aliphatic rings. The molecule has 0 N–H and O–H groups in total. The molecule has 8 nitrogen and oxygen atoms in total. The lowest BCUT2D eigenvalue weighted by atomic mass is 9.98. The van der Waals surface area contributed by atoms with Gasteiger partial charge in [-0.25, -0.2) is 12.7 Å². The van der Waals surface area contributed by atoms with Crippen molar-refractivity contribution in [2.75, 3.05) is 30.8 Å². The standard InChI is InChI=1S/C22H23ClN2O6S/c1-13-12-32(28,29)25(21(13)26)16-4-5-17(18(23)10-16)22(27)24-7-6-14-8-19(30-2)20(31-3)9-15(14)11-24/h4-5,8-10,13H,6-7,11-12H2,1-3H3. The van der Waals surface area contributed by atoms with Crippen LogP contribution < -0.4 is 13.8 Å². The second-order valence-corrected chi connectivity index (χ2v) is 10.2. The summed E-state index contributed by atoms with van der Waals surface area (Å²) < 4.78 is 36.2. The van der Waals surface area contributed by atoms with Crippen LogP contribution in [0.4, 0.5) is 5.69 Å². The maximum absolute atomic E-state index is 13.2. The Balaban J connectivity index is 1.59. The van der Waals surface area contributed by atoms with E-state index in [1.807, 2.05) is 12.1 Å². The highest BCUT2D eigenvalue weighted by molar-refractivity contribution is 7.94. The first-order valence-corrected chi connectivity index (χ1v) is 12.0. The van der Waals surface area contributed by atoms with Gasteiger partial charge in [-0.1, -0.05) is 18.5 Å². The third-order valence-electron chi connectivity index (χ3n) is 5.78. The molecule has 10 heteroatoms. The molecule has 170 valence electrons. The summed E-state index contributed by atoms with van der Waals surface area (Å²) >= 11 is 6.37. The summed E-state index contributed by atoms with van der Waals surface area (Å²) in [4.78, 5) is 27.2. The second kappa shape index (κ2) is 8.29. The molecule has 4 rings (SSSR count).